The van der Waals surface area contributed by atoms with Crippen LogP contribution in [0.25, 0.3) is 0 Å². The summed E-state index contributed by atoms with van der Waals surface area (Å²) in [4.78, 5) is 0. The van der Waals surface area contributed by atoms with Gasteiger partial charge in [0.05, 0.1) is 0 Å². The normalized spacial score (nSPS) is 11.5. The van der Waals surface area contributed by atoms with Gasteiger partial charge in [0.2, 0.25) is 0 Å². The van der Waals surface area contributed by atoms with Gasteiger partial charge < -0.3 is 11.1 Å². The molecule has 0 aromatic heterocycles. The van der Waals surface area contributed by atoms with Crippen LogP contribution in [0.15, 0.2) is 18.2 Å². The van der Waals surface area contributed by atoms with Gasteiger partial charge in [0.15, 0.2) is 0 Å². The lowest BCUT2D eigenvalue weighted by atomic mass is 9.94. The van der Waals surface area contributed by atoms with Crippen molar-refractivity contribution < 1.29 is 0 Å². The second-order valence-electron chi connectivity index (χ2n) is 5.10. The van der Waals surface area contributed by atoms with Crippen LogP contribution in [0.3, 0.4) is 0 Å². The average molecular weight is 206 g/mol. The molecule has 0 aliphatic carbocycles. The van der Waals surface area contributed by atoms with Crippen LogP contribution >= 0.6 is 0 Å². The maximum Gasteiger partial charge on any atom is 0.0345 e. The zero-order chi connectivity index (χ0) is 11.5. The van der Waals surface area contributed by atoms with Crippen LogP contribution in [0.4, 0.5) is 5.69 Å². The molecule has 0 radical (unpaired) electrons. The minimum atomic E-state index is 0.150. The Labute approximate surface area is 92.9 Å². The highest BCUT2D eigenvalue weighted by atomic mass is 14.9. The van der Waals surface area contributed by atoms with Crippen molar-refractivity contribution in [2.24, 2.45) is 11.1 Å². The molecule has 2 heteroatoms. The molecule has 84 valence electrons. The third-order valence-electron chi connectivity index (χ3n) is 2.55. The smallest absolute Gasteiger partial charge is 0.0345 e. The number of hydrogen-bond acceptors (Lipinski definition) is 2. The van der Waals surface area contributed by atoms with Crippen LogP contribution in [0.1, 0.15) is 25.0 Å². The SMILES string of the molecule is Cc1cc(C)cc(NCC(C)(C)CN)c1. The third-order valence-corrected chi connectivity index (χ3v) is 2.55. The first kappa shape index (κ1) is 12.1. The van der Waals surface area contributed by atoms with E-state index < -0.39 is 0 Å². The first-order chi connectivity index (χ1) is 6.93. The van der Waals surface area contributed by atoms with E-state index in [4.69, 9.17) is 5.73 Å². The maximum atomic E-state index is 5.69. The predicted molar refractivity (Wildman–Crippen MR) is 67.2 cm³/mol. The number of aryl methyl sites for hydroxylation is 2. The molecule has 0 saturated carbocycles. The molecule has 1 rings (SSSR count). The van der Waals surface area contributed by atoms with Gasteiger partial charge in [-0.1, -0.05) is 19.9 Å². The van der Waals surface area contributed by atoms with E-state index >= 15 is 0 Å². The predicted octanol–water partition coefficient (Wildman–Crippen LogP) is 2.70. The molecule has 0 aliphatic rings. The van der Waals surface area contributed by atoms with Crippen LogP contribution in [0.2, 0.25) is 0 Å². The summed E-state index contributed by atoms with van der Waals surface area (Å²) in [6.45, 7) is 10.2. The first-order valence-electron chi connectivity index (χ1n) is 5.45. The van der Waals surface area contributed by atoms with Gasteiger partial charge in [-0.15, -0.1) is 0 Å². The van der Waals surface area contributed by atoms with Gasteiger partial charge in [0.1, 0.15) is 0 Å². The minimum absolute atomic E-state index is 0.150. The molecule has 0 spiro atoms. The van der Waals surface area contributed by atoms with Crippen molar-refractivity contribution in [1.82, 2.24) is 0 Å². The Kier molecular flexibility index (Phi) is 3.75. The summed E-state index contributed by atoms with van der Waals surface area (Å²) >= 11 is 0. The molecule has 15 heavy (non-hydrogen) atoms. The highest BCUT2D eigenvalue weighted by Crippen LogP contribution is 2.17. The van der Waals surface area contributed by atoms with Gasteiger partial charge in [-0.05, 0) is 49.1 Å². The molecule has 1 aromatic rings. The molecule has 0 amide bonds. The fourth-order valence-corrected chi connectivity index (χ4v) is 1.49. The van der Waals surface area contributed by atoms with Crippen LogP contribution in [-0.2, 0) is 0 Å². The average Bonchev–Trinajstić information content (AvgIpc) is 2.14. The highest BCUT2D eigenvalue weighted by Gasteiger charge is 2.14. The Bertz CT molecular complexity index is 309. The van der Waals surface area contributed by atoms with E-state index in [0.29, 0.717) is 6.54 Å². The standard InChI is InChI=1S/C13H22N2/c1-10-5-11(2)7-12(6-10)15-9-13(3,4)8-14/h5-7,15H,8-9,14H2,1-4H3. The van der Waals surface area contributed by atoms with Crippen LogP contribution in [-0.4, -0.2) is 13.1 Å². The lowest BCUT2D eigenvalue weighted by Crippen LogP contribution is -2.31. The number of nitrogens with two attached hydrogens (primary N) is 1. The van der Waals surface area contributed by atoms with Crippen LogP contribution < -0.4 is 11.1 Å². The number of anilines is 1. The molecular weight excluding hydrogens is 184 g/mol. The molecule has 0 atom stereocenters. The van der Waals surface area contributed by atoms with Gasteiger partial charge >= 0.3 is 0 Å². The van der Waals surface area contributed by atoms with Gasteiger partial charge in [0, 0.05) is 12.2 Å². The summed E-state index contributed by atoms with van der Waals surface area (Å²) in [7, 11) is 0. The van der Waals surface area contributed by atoms with Crippen molar-refractivity contribution in [3.8, 4) is 0 Å². The highest BCUT2D eigenvalue weighted by molar-refractivity contribution is 5.48. The van der Waals surface area contributed by atoms with Crippen molar-refractivity contribution in [2.75, 3.05) is 18.4 Å². The second kappa shape index (κ2) is 4.67. The molecular formula is C13H22N2. The molecule has 0 aliphatic heterocycles. The van der Waals surface area contributed by atoms with Crippen LogP contribution in [0, 0.1) is 19.3 Å². The summed E-state index contributed by atoms with van der Waals surface area (Å²) in [5.74, 6) is 0. The molecule has 0 saturated heterocycles. The molecule has 0 fully saturated rings. The van der Waals surface area contributed by atoms with Gasteiger partial charge in [-0.25, -0.2) is 0 Å². The maximum absolute atomic E-state index is 5.69. The Morgan fingerprint density at radius 2 is 1.67 bits per heavy atom. The third kappa shape index (κ3) is 3.92. The number of rotatable bonds is 4. The summed E-state index contributed by atoms with van der Waals surface area (Å²) < 4.78 is 0. The van der Waals surface area contributed by atoms with E-state index in [1.165, 1.54) is 16.8 Å². The Hall–Kier alpha value is -1.02. The fourth-order valence-electron chi connectivity index (χ4n) is 1.49. The largest absolute Gasteiger partial charge is 0.384 e. The summed E-state index contributed by atoms with van der Waals surface area (Å²) in [5.41, 5.74) is 9.62. The molecule has 2 nitrogen and oxygen atoms in total. The van der Waals surface area contributed by atoms with Crippen molar-refractivity contribution in [1.29, 1.82) is 0 Å². The Balaban J connectivity index is 2.65. The number of nitrogens with one attached hydrogen (secondary N) is 1. The van der Waals surface area contributed by atoms with Gasteiger partial charge in [0.25, 0.3) is 0 Å². The second-order valence-corrected chi connectivity index (χ2v) is 5.10. The molecule has 3 N–H and O–H groups in total. The molecule has 0 bridgehead atoms. The van der Waals surface area contributed by atoms with Gasteiger partial charge in [-0.3, -0.25) is 0 Å². The van der Waals surface area contributed by atoms with Crippen molar-refractivity contribution >= 4 is 5.69 Å². The zero-order valence-corrected chi connectivity index (χ0v) is 10.2. The van der Waals surface area contributed by atoms with E-state index in [-0.39, 0.29) is 5.41 Å². The summed E-state index contributed by atoms with van der Waals surface area (Å²) in [6, 6.07) is 6.51. The van der Waals surface area contributed by atoms with Gasteiger partial charge in [-0.2, -0.15) is 0 Å². The van der Waals surface area contributed by atoms with Crippen molar-refractivity contribution in [3.63, 3.8) is 0 Å². The van der Waals surface area contributed by atoms with E-state index in [2.05, 4.69) is 51.2 Å². The van der Waals surface area contributed by atoms with E-state index in [1.54, 1.807) is 0 Å². The van der Waals surface area contributed by atoms with E-state index in [1.807, 2.05) is 0 Å². The molecule has 1 aromatic carbocycles. The summed E-state index contributed by atoms with van der Waals surface area (Å²) in [6.07, 6.45) is 0. The number of hydrogen-bond donors (Lipinski definition) is 2. The van der Waals surface area contributed by atoms with E-state index in [0.717, 1.165) is 6.54 Å². The molecule has 0 unspecified atom stereocenters. The van der Waals surface area contributed by atoms with E-state index in [9.17, 15) is 0 Å². The minimum Gasteiger partial charge on any atom is -0.384 e. The first-order valence-corrected chi connectivity index (χ1v) is 5.45. The quantitative estimate of drug-likeness (QED) is 0.795. The molecule has 0 heterocycles. The lowest BCUT2D eigenvalue weighted by molar-refractivity contribution is 0.405. The van der Waals surface area contributed by atoms with Crippen molar-refractivity contribution in [3.05, 3.63) is 29.3 Å². The Morgan fingerprint density at radius 3 is 2.13 bits per heavy atom. The topological polar surface area (TPSA) is 38.0 Å². The monoisotopic (exact) mass is 206 g/mol. The Morgan fingerprint density at radius 1 is 1.13 bits per heavy atom. The fraction of sp³-hybridized carbons (Fsp3) is 0.538. The number of benzene rings is 1. The van der Waals surface area contributed by atoms with Crippen molar-refractivity contribution in [2.45, 2.75) is 27.7 Å². The zero-order valence-electron chi connectivity index (χ0n) is 10.2. The summed E-state index contributed by atoms with van der Waals surface area (Å²) in [5, 5.41) is 3.44. The van der Waals surface area contributed by atoms with Crippen LogP contribution in [0.5, 0.6) is 0 Å². The lowest BCUT2D eigenvalue weighted by Gasteiger charge is -2.23.